The Kier molecular flexibility index (Phi) is 11.4. The van der Waals surface area contributed by atoms with E-state index in [0.717, 1.165) is 36.9 Å². The van der Waals surface area contributed by atoms with Crippen LogP contribution in [0, 0.1) is 0 Å². The quantitative estimate of drug-likeness (QED) is 0.362. The molecule has 2 aromatic rings. The number of unbranched alkanes of at least 4 members (excludes halogenated alkanes) is 1. The zero-order valence-electron chi connectivity index (χ0n) is 23.0. The summed E-state index contributed by atoms with van der Waals surface area (Å²) in [7, 11) is 4.03. The van der Waals surface area contributed by atoms with Crippen LogP contribution in [0.25, 0.3) is 0 Å². The fourth-order valence-corrected chi connectivity index (χ4v) is 5.44. The molecule has 1 aliphatic heterocycles. The molecule has 1 N–H and O–H groups in total. The minimum absolute atomic E-state index is 0.0915. The molecule has 2 amide bonds. The normalized spacial score (nSPS) is 15.8. The number of Topliss-reactive ketones (excluding diaryl/α,β-unsaturated/α-hetero) is 1. The van der Waals surface area contributed by atoms with E-state index >= 15 is 0 Å². The predicted molar refractivity (Wildman–Crippen MR) is 153 cm³/mol. The molecule has 0 saturated carbocycles. The Morgan fingerprint density at radius 3 is 2.24 bits per heavy atom. The van der Waals surface area contributed by atoms with E-state index in [1.54, 1.807) is 12.1 Å². The summed E-state index contributed by atoms with van der Waals surface area (Å²) in [4.78, 5) is 43.8. The molecule has 1 fully saturated rings. The SMILES string of the molecule is CCCC(=O)C1(c2ccccc2)CCN(C(=O)C(Cc2ccc(Cl)cc2)NC(=O)CCCCN(C)C)CC1. The van der Waals surface area contributed by atoms with E-state index in [2.05, 4.69) is 10.2 Å². The number of amides is 2. The van der Waals surface area contributed by atoms with E-state index in [0.29, 0.717) is 50.2 Å². The highest BCUT2D eigenvalue weighted by molar-refractivity contribution is 6.30. The van der Waals surface area contributed by atoms with Crippen LogP contribution in [0.15, 0.2) is 54.6 Å². The summed E-state index contributed by atoms with van der Waals surface area (Å²) in [6.45, 7) is 3.92. The Hall–Kier alpha value is -2.70. The number of nitrogens with zero attached hydrogens (tertiary/aromatic N) is 2. The van der Waals surface area contributed by atoms with E-state index in [-0.39, 0.29) is 17.6 Å². The van der Waals surface area contributed by atoms with Gasteiger partial charge >= 0.3 is 0 Å². The number of ketones is 1. The highest BCUT2D eigenvalue weighted by atomic mass is 35.5. The third-order valence-corrected chi connectivity index (χ3v) is 7.76. The average molecular weight is 540 g/mol. The van der Waals surface area contributed by atoms with Gasteiger partial charge in [0.1, 0.15) is 11.8 Å². The van der Waals surface area contributed by atoms with Crippen LogP contribution in [-0.4, -0.2) is 67.2 Å². The van der Waals surface area contributed by atoms with Crippen molar-refractivity contribution in [3.63, 3.8) is 0 Å². The molecule has 0 spiro atoms. The van der Waals surface area contributed by atoms with E-state index in [1.165, 1.54) is 0 Å². The van der Waals surface area contributed by atoms with E-state index in [9.17, 15) is 14.4 Å². The van der Waals surface area contributed by atoms with Crippen molar-refractivity contribution in [1.82, 2.24) is 15.1 Å². The molecule has 1 heterocycles. The first kappa shape index (κ1) is 29.9. The lowest BCUT2D eigenvalue weighted by atomic mass is 9.68. The molecule has 206 valence electrons. The van der Waals surface area contributed by atoms with E-state index in [4.69, 9.17) is 11.6 Å². The second-order valence-corrected chi connectivity index (χ2v) is 11.1. The van der Waals surface area contributed by atoms with Crippen LogP contribution in [-0.2, 0) is 26.2 Å². The van der Waals surface area contributed by atoms with Crippen LogP contribution in [0.2, 0.25) is 5.02 Å². The van der Waals surface area contributed by atoms with Gasteiger partial charge in [0.25, 0.3) is 0 Å². The molecular weight excluding hydrogens is 498 g/mol. The van der Waals surface area contributed by atoms with Gasteiger partial charge in [-0.2, -0.15) is 0 Å². The van der Waals surface area contributed by atoms with Gasteiger partial charge < -0.3 is 15.1 Å². The number of halogens is 1. The largest absolute Gasteiger partial charge is 0.344 e. The molecule has 0 aromatic heterocycles. The Morgan fingerprint density at radius 1 is 0.974 bits per heavy atom. The summed E-state index contributed by atoms with van der Waals surface area (Å²) < 4.78 is 0. The first-order chi connectivity index (χ1) is 18.2. The zero-order valence-corrected chi connectivity index (χ0v) is 23.8. The highest BCUT2D eigenvalue weighted by Gasteiger charge is 2.43. The number of piperidine rings is 1. The molecule has 3 rings (SSSR count). The second-order valence-electron chi connectivity index (χ2n) is 10.7. The first-order valence-electron chi connectivity index (χ1n) is 13.8. The Balaban J connectivity index is 1.72. The van der Waals surface area contributed by atoms with Crippen molar-refractivity contribution in [2.75, 3.05) is 33.7 Å². The van der Waals surface area contributed by atoms with Crippen molar-refractivity contribution in [1.29, 1.82) is 0 Å². The standard InChI is InChI=1S/C31H42ClN3O3/c1-4-10-28(36)31(25-11-6-5-7-12-25)18-21-35(22-19-31)30(38)27(23-24-14-16-26(32)17-15-24)33-29(37)13-8-9-20-34(2)3/h5-7,11-12,14-17,27H,4,8-10,13,18-23H2,1-3H3,(H,33,37). The number of rotatable bonds is 13. The summed E-state index contributed by atoms with van der Waals surface area (Å²) >= 11 is 6.06. The molecule has 6 nitrogen and oxygen atoms in total. The molecule has 0 bridgehead atoms. The maximum absolute atomic E-state index is 13.8. The summed E-state index contributed by atoms with van der Waals surface area (Å²) in [5.41, 5.74) is 1.42. The average Bonchev–Trinajstić information content (AvgIpc) is 2.92. The van der Waals surface area contributed by atoms with Gasteiger partial charge in [0, 0.05) is 37.4 Å². The molecule has 0 aliphatic carbocycles. The maximum Gasteiger partial charge on any atom is 0.245 e. The molecule has 0 radical (unpaired) electrons. The van der Waals surface area contributed by atoms with Crippen molar-refractivity contribution in [3.8, 4) is 0 Å². The molecule has 7 heteroatoms. The fraction of sp³-hybridized carbons (Fsp3) is 0.516. The highest BCUT2D eigenvalue weighted by Crippen LogP contribution is 2.38. The number of likely N-dealkylation sites (tertiary alicyclic amines) is 1. The monoisotopic (exact) mass is 539 g/mol. The number of carbonyl (C=O) groups excluding carboxylic acids is 3. The van der Waals surface area contributed by atoms with E-state index < -0.39 is 11.5 Å². The van der Waals surface area contributed by atoms with Gasteiger partial charge in [0.05, 0.1) is 5.41 Å². The van der Waals surface area contributed by atoms with Crippen LogP contribution >= 0.6 is 11.6 Å². The van der Waals surface area contributed by atoms with E-state index in [1.807, 2.05) is 68.4 Å². The lowest BCUT2D eigenvalue weighted by molar-refractivity contribution is -0.139. The van der Waals surface area contributed by atoms with Gasteiger partial charge in [0.2, 0.25) is 11.8 Å². The lowest BCUT2D eigenvalue weighted by Gasteiger charge is -2.42. The number of carbonyl (C=O) groups is 3. The van der Waals surface area contributed by atoms with Crippen molar-refractivity contribution < 1.29 is 14.4 Å². The third-order valence-electron chi connectivity index (χ3n) is 7.51. The van der Waals surface area contributed by atoms with Gasteiger partial charge in [-0.3, -0.25) is 14.4 Å². The lowest BCUT2D eigenvalue weighted by Crippen LogP contribution is -2.55. The molecule has 1 atom stereocenters. The van der Waals surface area contributed by atoms with Crippen molar-refractivity contribution >= 4 is 29.2 Å². The maximum atomic E-state index is 13.8. The summed E-state index contributed by atoms with van der Waals surface area (Å²) in [5.74, 6) is 0.0538. The van der Waals surface area contributed by atoms with Gasteiger partial charge in [0.15, 0.2) is 0 Å². The number of hydrogen-bond acceptors (Lipinski definition) is 4. The summed E-state index contributed by atoms with van der Waals surface area (Å²) in [6.07, 6.45) is 5.01. The molecule has 1 saturated heterocycles. The van der Waals surface area contributed by atoms with Crippen molar-refractivity contribution in [2.24, 2.45) is 0 Å². The number of nitrogens with one attached hydrogen (secondary N) is 1. The molecule has 2 aromatic carbocycles. The van der Waals surface area contributed by atoms with Crippen LogP contribution in [0.3, 0.4) is 0 Å². The Labute approximate surface area is 232 Å². The van der Waals surface area contributed by atoms with Gasteiger partial charge in [-0.05, 0) is 76.0 Å². The van der Waals surface area contributed by atoms with Crippen LogP contribution in [0.4, 0.5) is 0 Å². The molecular formula is C31H42ClN3O3. The molecule has 1 unspecified atom stereocenters. The minimum Gasteiger partial charge on any atom is -0.344 e. The van der Waals surface area contributed by atoms with Gasteiger partial charge in [-0.15, -0.1) is 0 Å². The third kappa shape index (κ3) is 8.15. The smallest absolute Gasteiger partial charge is 0.245 e. The predicted octanol–water partition coefficient (Wildman–Crippen LogP) is 5.03. The fourth-order valence-electron chi connectivity index (χ4n) is 5.32. The zero-order chi connectivity index (χ0) is 27.5. The van der Waals surface area contributed by atoms with Crippen LogP contribution < -0.4 is 5.32 Å². The summed E-state index contributed by atoms with van der Waals surface area (Å²) in [6, 6.07) is 16.7. The van der Waals surface area contributed by atoms with Crippen LogP contribution in [0.1, 0.15) is 63.0 Å². The Bertz CT molecular complexity index is 1050. The number of benzene rings is 2. The van der Waals surface area contributed by atoms with Gasteiger partial charge in [-0.1, -0.05) is 61.0 Å². The second kappa shape index (κ2) is 14.5. The first-order valence-corrected chi connectivity index (χ1v) is 14.2. The van der Waals surface area contributed by atoms with Crippen molar-refractivity contribution in [3.05, 3.63) is 70.7 Å². The topological polar surface area (TPSA) is 69.7 Å². The van der Waals surface area contributed by atoms with Gasteiger partial charge in [-0.25, -0.2) is 0 Å². The van der Waals surface area contributed by atoms with Crippen molar-refractivity contribution in [2.45, 2.75) is 69.7 Å². The number of hydrogen-bond donors (Lipinski definition) is 1. The van der Waals surface area contributed by atoms with Crippen LogP contribution in [0.5, 0.6) is 0 Å². The molecule has 1 aliphatic rings. The Morgan fingerprint density at radius 2 is 1.63 bits per heavy atom. The molecule has 38 heavy (non-hydrogen) atoms. The summed E-state index contributed by atoms with van der Waals surface area (Å²) in [5, 5.41) is 3.65. The minimum atomic E-state index is -0.659.